The third-order valence-corrected chi connectivity index (χ3v) is 5.08. The molecule has 0 atom stereocenters. The lowest BCUT2D eigenvalue weighted by molar-refractivity contribution is -0.115. The summed E-state index contributed by atoms with van der Waals surface area (Å²) in [5.41, 5.74) is 6.70. The number of nitrogens with zero attached hydrogens (tertiary/aromatic N) is 2. The lowest BCUT2D eigenvalue weighted by Crippen LogP contribution is -2.35. The van der Waals surface area contributed by atoms with E-state index in [2.05, 4.69) is 15.5 Å². The van der Waals surface area contributed by atoms with Crippen molar-refractivity contribution in [3.8, 4) is 5.75 Å². The maximum absolute atomic E-state index is 12.3. The van der Waals surface area contributed by atoms with Crippen LogP contribution in [0.4, 0.5) is 5.69 Å². The maximum Gasteiger partial charge on any atom is 0.232 e. The molecule has 0 bridgehead atoms. The molecule has 1 aliphatic carbocycles. The van der Waals surface area contributed by atoms with E-state index in [9.17, 15) is 4.79 Å². The molecule has 2 aromatic rings. The molecule has 1 heterocycles. The Hall–Kier alpha value is -2.12. The number of ether oxygens (including phenoxy) is 1. The fourth-order valence-electron chi connectivity index (χ4n) is 3.60. The van der Waals surface area contributed by atoms with E-state index < -0.39 is 0 Å². The predicted octanol–water partition coefficient (Wildman–Crippen LogP) is 3.13. The summed E-state index contributed by atoms with van der Waals surface area (Å²) in [6, 6.07) is 7.25. The number of halogens is 1. The molecule has 3 N–H and O–H groups in total. The van der Waals surface area contributed by atoms with Gasteiger partial charge < -0.3 is 20.3 Å². The highest BCUT2D eigenvalue weighted by Crippen LogP contribution is 2.38. The summed E-state index contributed by atoms with van der Waals surface area (Å²) in [7, 11) is 1.56. The number of hydrogen-bond donors (Lipinski definition) is 2. The Morgan fingerprint density at radius 2 is 2.04 bits per heavy atom. The first-order chi connectivity index (χ1) is 12.6. The highest BCUT2D eigenvalue weighted by molar-refractivity contribution is 5.93. The van der Waals surface area contributed by atoms with Gasteiger partial charge in [0.25, 0.3) is 0 Å². The first-order valence-corrected chi connectivity index (χ1v) is 9.08. The number of benzene rings is 1. The van der Waals surface area contributed by atoms with Crippen LogP contribution in [0, 0.1) is 5.41 Å². The van der Waals surface area contributed by atoms with Crippen LogP contribution in [0.3, 0.4) is 0 Å². The van der Waals surface area contributed by atoms with Gasteiger partial charge >= 0.3 is 0 Å². The lowest BCUT2D eigenvalue weighted by Gasteiger charge is -2.34. The van der Waals surface area contributed by atoms with Crippen LogP contribution < -0.4 is 15.8 Å². The molecule has 1 aromatic carbocycles. The third-order valence-electron chi connectivity index (χ3n) is 5.08. The van der Waals surface area contributed by atoms with E-state index in [0.29, 0.717) is 36.1 Å². The van der Waals surface area contributed by atoms with Crippen LogP contribution in [0.1, 0.15) is 43.8 Å². The van der Waals surface area contributed by atoms with Crippen molar-refractivity contribution >= 4 is 24.0 Å². The maximum atomic E-state index is 12.3. The zero-order chi connectivity index (χ0) is 18.4. The number of methoxy groups -OCH3 is 1. The molecule has 148 valence electrons. The van der Waals surface area contributed by atoms with Crippen molar-refractivity contribution in [3.05, 3.63) is 36.0 Å². The van der Waals surface area contributed by atoms with Crippen LogP contribution in [-0.4, -0.2) is 29.7 Å². The van der Waals surface area contributed by atoms with Gasteiger partial charge in [-0.25, -0.2) is 0 Å². The van der Waals surface area contributed by atoms with Gasteiger partial charge in [0.15, 0.2) is 5.82 Å². The van der Waals surface area contributed by atoms with Crippen LogP contribution in [0.15, 0.2) is 28.8 Å². The highest BCUT2D eigenvalue weighted by atomic mass is 35.5. The molecular formula is C19H27ClN4O3. The van der Waals surface area contributed by atoms with Gasteiger partial charge in [0.2, 0.25) is 11.8 Å². The molecule has 1 amide bonds. The van der Waals surface area contributed by atoms with Gasteiger partial charge in [-0.1, -0.05) is 36.6 Å². The predicted molar refractivity (Wildman–Crippen MR) is 105 cm³/mol. The molecular weight excluding hydrogens is 368 g/mol. The molecule has 27 heavy (non-hydrogen) atoms. The number of nitrogens with one attached hydrogen (secondary N) is 1. The van der Waals surface area contributed by atoms with Gasteiger partial charge in [-0.2, -0.15) is 4.98 Å². The normalized spacial score (nSPS) is 15.6. The lowest BCUT2D eigenvalue weighted by atomic mass is 9.72. The molecule has 1 aromatic heterocycles. The number of amides is 1. The second-order valence-electron chi connectivity index (χ2n) is 6.97. The summed E-state index contributed by atoms with van der Waals surface area (Å²) in [6.45, 7) is 0.624. The van der Waals surface area contributed by atoms with Crippen LogP contribution in [-0.2, 0) is 17.6 Å². The SMILES string of the molecule is COc1ccccc1NC(=O)Cc1noc(CC2(CN)CCCCC2)n1.Cl. The number of para-hydroxylation sites is 2. The Morgan fingerprint density at radius 1 is 1.30 bits per heavy atom. The largest absolute Gasteiger partial charge is 0.495 e. The smallest absolute Gasteiger partial charge is 0.232 e. The quantitative estimate of drug-likeness (QED) is 0.747. The highest BCUT2D eigenvalue weighted by Gasteiger charge is 2.33. The van der Waals surface area contributed by atoms with Gasteiger partial charge in [-0.15, -0.1) is 12.4 Å². The second kappa shape index (κ2) is 9.71. The van der Waals surface area contributed by atoms with Gasteiger partial charge in [0.05, 0.1) is 19.2 Å². The second-order valence-corrected chi connectivity index (χ2v) is 6.97. The van der Waals surface area contributed by atoms with E-state index in [1.54, 1.807) is 19.2 Å². The van der Waals surface area contributed by atoms with Crippen molar-refractivity contribution in [2.45, 2.75) is 44.9 Å². The van der Waals surface area contributed by atoms with Crippen molar-refractivity contribution in [3.63, 3.8) is 0 Å². The summed E-state index contributed by atoms with van der Waals surface area (Å²) in [6.07, 6.45) is 6.58. The van der Waals surface area contributed by atoms with Crippen molar-refractivity contribution in [2.75, 3.05) is 19.0 Å². The molecule has 1 saturated carbocycles. The summed E-state index contributed by atoms with van der Waals surface area (Å²) < 4.78 is 10.6. The van der Waals surface area contributed by atoms with Gasteiger partial charge in [0.1, 0.15) is 5.75 Å². The number of carbonyl (C=O) groups excluding carboxylic acids is 1. The van der Waals surface area contributed by atoms with E-state index in [0.717, 1.165) is 12.8 Å². The minimum atomic E-state index is -0.215. The van der Waals surface area contributed by atoms with Crippen molar-refractivity contribution in [2.24, 2.45) is 11.1 Å². The zero-order valence-electron chi connectivity index (χ0n) is 15.6. The number of rotatable bonds is 7. The number of aromatic nitrogens is 2. The fourth-order valence-corrected chi connectivity index (χ4v) is 3.60. The first kappa shape index (κ1) is 21.2. The van der Waals surface area contributed by atoms with E-state index in [1.807, 2.05) is 12.1 Å². The average molecular weight is 395 g/mol. The number of nitrogens with two attached hydrogens (primary N) is 1. The molecule has 8 heteroatoms. The standard InChI is InChI=1S/C19H26N4O3.ClH/c1-25-15-8-4-3-7-14(15)21-17(24)11-16-22-18(26-23-16)12-19(13-20)9-5-2-6-10-19;/h3-4,7-8H,2,5-6,9-13,20H2,1H3,(H,21,24);1H. The van der Waals surface area contributed by atoms with Crippen molar-refractivity contribution in [1.82, 2.24) is 10.1 Å². The average Bonchev–Trinajstić information content (AvgIpc) is 3.09. The molecule has 0 aliphatic heterocycles. The van der Waals surface area contributed by atoms with Crippen LogP contribution >= 0.6 is 12.4 Å². The Labute approximate surface area is 165 Å². The Kier molecular flexibility index (Phi) is 7.62. The monoisotopic (exact) mass is 394 g/mol. The number of carbonyl (C=O) groups is 1. The molecule has 0 unspecified atom stereocenters. The molecule has 1 fully saturated rings. The van der Waals surface area contributed by atoms with Crippen molar-refractivity contribution < 1.29 is 14.1 Å². The molecule has 1 aliphatic rings. The third kappa shape index (κ3) is 5.43. The van der Waals surface area contributed by atoms with Gasteiger partial charge in [0, 0.05) is 6.42 Å². The van der Waals surface area contributed by atoms with E-state index >= 15 is 0 Å². The minimum Gasteiger partial charge on any atom is -0.495 e. The van der Waals surface area contributed by atoms with E-state index in [4.69, 9.17) is 15.0 Å². The molecule has 7 nitrogen and oxygen atoms in total. The van der Waals surface area contributed by atoms with Crippen LogP contribution in [0.5, 0.6) is 5.75 Å². The summed E-state index contributed by atoms with van der Waals surface area (Å²) >= 11 is 0. The molecule has 0 saturated heterocycles. The van der Waals surface area contributed by atoms with Crippen LogP contribution in [0.2, 0.25) is 0 Å². The zero-order valence-corrected chi connectivity index (χ0v) is 16.4. The van der Waals surface area contributed by atoms with Crippen molar-refractivity contribution in [1.29, 1.82) is 0 Å². The Balaban J connectivity index is 0.00000261. The first-order valence-electron chi connectivity index (χ1n) is 9.08. The summed E-state index contributed by atoms with van der Waals surface area (Å²) in [5.74, 6) is 1.35. The summed E-state index contributed by atoms with van der Waals surface area (Å²) in [5, 5.41) is 6.77. The molecule has 3 rings (SSSR count). The van der Waals surface area contributed by atoms with Crippen LogP contribution in [0.25, 0.3) is 0 Å². The van der Waals surface area contributed by atoms with Gasteiger partial charge in [-0.05, 0) is 36.9 Å². The number of anilines is 1. The Morgan fingerprint density at radius 3 is 2.74 bits per heavy atom. The fraction of sp³-hybridized carbons (Fsp3) is 0.526. The van der Waals surface area contributed by atoms with E-state index in [1.165, 1.54) is 19.3 Å². The summed E-state index contributed by atoms with van der Waals surface area (Å²) in [4.78, 5) is 16.7. The molecule has 0 spiro atoms. The topological polar surface area (TPSA) is 103 Å². The van der Waals surface area contributed by atoms with E-state index in [-0.39, 0.29) is 30.2 Å². The number of hydrogen-bond acceptors (Lipinski definition) is 6. The minimum absolute atomic E-state index is 0. The molecule has 0 radical (unpaired) electrons. The van der Waals surface area contributed by atoms with Gasteiger partial charge in [-0.3, -0.25) is 4.79 Å². The Bertz CT molecular complexity index is 744.